The molecule has 0 radical (unpaired) electrons. The number of aromatic nitrogens is 2. The highest BCUT2D eigenvalue weighted by Crippen LogP contribution is 2.16. The van der Waals surface area contributed by atoms with E-state index in [-0.39, 0.29) is 0 Å². The Bertz CT molecular complexity index is 686. The van der Waals surface area contributed by atoms with Crippen LogP contribution in [-0.4, -0.2) is 36.4 Å². The Morgan fingerprint density at radius 2 is 2.00 bits per heavy atom. The Balaban J connectivity index is 2.20. The van der Waals surface area contributed by atoms with Crippen molar-refractivity contribution in [2.45, 2.75) is 12.8 Å². The predicted molar refractivity (Wildman–Crippen MR) is 79.2 cm³/mol. The number of hydrogen-bond acceptors (Lipinski definition) is 6. The fourth-order valence-electron chi connectivity index (χ4n) is 2.10. The number of ether oxygens (including phenoxy) is 2. The number of aryl methyl sites for hydroxylation is 2. The first-order chi connectivity index (χ1) is 10.7. The topological polar surface area (TPSA) is 78.4 Å². The molecule has 0 spiro atoms. The fourth-order valence-corrected chi connectivity index (χ4v) is 2.10. The zero-order chi connectivity index (χ0) is 15.9. The van der Waals surface area contributed by atoms with Crippen molar-refractivity contribution in [2.24, 2.45) is 0 Å². The minimum absolute atomic E-state index is 0.291. The normalized spacial score (nSPS) is 10.1. The van der Waals surface area contributed by atoms with Crippen LogP contribution in [0.25, 0.3) is 0 Å². The zero-order valence-electron chi connectivity index (χ0n) is 12.4. The molecule has 0 bridgehead atoms. The SMILES string of the molecule is COC(=O)c1ncccc1CCc1cnc(OC)cc1C=O. The van der Waals surface area contributed by atoms with Gasteiger partial charge < -0.3 is 9.47 Å². The molecule has 0 N–H and O–H groups in total. The van der Waals surface area contributed by atoms with E-state index in [4.69, 9.17) is 9.47 Å². The van der Waals surface area contributed by atoms with Gasteiger partial charge in [-0.3, -0.25) is 4.79 Å². The van der Waals surface area contributed by atoms with Crippen molar-refractivity contribution in [3.05, 3.63) is 53.0 Å². The smallest absolute Gasteiger partial charge is 0.356 e. The molecule has 0 aromatic carbocycles. The lowest BCUT2D eigenvalue weighted by atomic mass is 10.0. The van der Waals surface area contributed by atoms with Crippen LogP contribution in [0.5, 0.6) is 5.88 Å². The molecule has 2 rings (SSSR count). The quantitative estimate of drug-likeness (QED) is 0.598. The lowest BCUT2D eigenvalue weighted by molar-refractivity contribution is 0.0592. The molecule has 6 heteroatoms. The third-order valence-corrected chi connectivity index (χ3v) is 3.27. The van der Waals surface area contributed by atoms with E-state index in [0.717, 1.165) is 17.4 Å². The summed E-state index contributed by atoms with van der Waals surface area (Å²) >= 11 is 0. The number of methoxy groups -OCH3 is 2. The molecule has 2 heterocycles. The van der Waals surface area contributed by atoms with E-state index in [2.05, 4.69) is 9.97 Å². The van der Waals surface area contributed by atoms with Gasteiger partial charge in [-0.1, -0.05) is 6.07 Å². The monoisotopic (exact) mass is 300 g/mol. The van der Waals surface area contributed by atoms with E-state index in [9.17, 15) is 9.59 Å². The standard InChI is InChI=1S/C16H16N2O4/c1-21-14-8-13(10-19)12(9-18-14)6-5-11-4-3-7-17-15(11)16(20)22-2/h3-4,7-10H,5-6H2,1-2H3. The lowest BCUT2D eigenvalue weighted by Crippen LogP contribution is -2.09. The zero-order valence-corrected chi connectivity index (χ0v) is 12.4. The number of esters is 1. The minimum atomic E-state index is -0.473. The van der Waals surface area contributed by atoms with Gasteiger partial charge in [-0.05, 0) is 30.0 Å². The first kappa shape index (κ1) is 15.6. The number of aldehydes is 1. The molecule has 2 aromatic heterocycles. The summed E-state index contributed by atoms with van der Waals surface area (Å²) < 4.78 is 9.72. The van der Waals surface area contributed by atoms with Crippen LogP contribution in [0.15, 0.2) is 30.6 Å². The number of carbonyl (C=O) groups is 2. The van der Waals surface area contributed by atoms with Crippen molar-refractivity contribution in [3.8, 4) is 5.88 Å². The van der Waals surface area contributed by atoms with Crippen LogP contribution < -0.4 is 4.74 Å². The van der Waals surface area contributed by atoms with E-state index < -0.39 is 5.97 Å². The molecule has 0 saturated carbocycles. The molecule has 0 saturated heterocycles. The van der Waals surface area contributed by atoms with Gasteiger partial charge >= 0.3 is 5.97 Å². The first-order valence-corrected chi connectivity index (χ1v) is 6.70. The summed E-state index contributed by atoms with van der Waals surface area (Å²) in [6, 6.07) is 5.16. The second-order valence-corrected chi connectivity index (χ2v) is 4.55. The van der Waals surface area contributed by atoms with Crippen LogP contribution >= 0.6 is 0 Å². The molecule has 0 unspecified atom stereocenters. The molecule has 6 nitrogen and oxygen atoms in total. The van der Waals surface area contributed by atoms with Gasteiger partial charge in [0.25, 0.3) is 0 Å². The number of pyridine rings is 2. The number of nitrogens with zero attached hydrogens (tertiary/aromatic N) is 2. The fraction of sp³-hybridized carbons (Fsp3) is 0.250. The molecule has 0 aliphatic rings. The molecule has 0 fully saturated rings. The van der Waals surface area contributed by atoms with Gasteiger partial charge in [0.1, 0.15) is 0 Å². The Kier molecular flexibility index (Phi) is 5.19. The molecular weight excluding hydrogens is 284 g/mol. The van der Waals surface area contributed by atoms with Crippen molar-refractivity contribution >= 4 is 12.3 Å². The number of rotatable bonds is 6. The maximum Gasteiger partial charge on any atom is 0.356 e. The van der Waals surface area contributed by atoms with Crippen LogP contribution in [0.2, 0.25) is 0 Å². The highest BCUT2D eigenvalue weighted by atomic mass is 16.5. The molecule has 2 aromatic rings. The molecule has 0 atom stereocenters. The Labute approximate surface area is 128 Å². The van der Waals surface area contributed by atoms with Gasteiger partial charge in [0.15, 0.2) is 12.0 Å². The van der Waals surface area contributed by atoms with Crippen molar-refractivity contribution in [1.29, 1.82) is 0 Å². The minimum Gasteiger partial charge on any atom is -0.481 e. The summed E-state index contributed by atoms with van der Waals surface area (Å²) in [4.78, 5) is 31.0. The van der Waals surface area contributed by atoms with E-state index >= 15 is 0 Å². The van der Waals surface area contributed by atoms with Gasteiger partial charge in [0, 0.05) is 24.0 Å². The van der Waals surface area contributed by atoms with Gasteiger partial charge in [0.2, 0.25) is 5.88 Å². The molecule has 0 aliphatic heterocycles. The lowest BCUT2D eigenvalue weighted by Gasteiger charge is -2.08. The molecular formula is C16H16N2O4. The van der Waals surface area contributed by atoms with Crippen LogP contribution in [0.3, 0.4) is 0 Å². The molecule has 0 amide bonds. The average Bonchev–Trinajstić information content (AvgIpc) is 2.59. The maximum absolute atomic E-state index is 11.7. The third-order valence-electron chi connectivity index (χ3n) is 3.27. The second kappa shape index (κ2) is 7.31. The van der Waals surface area contributed by atoms with Crippen LogP contribution in [-0.2, 0) is 17.6 Å². The summed E-state index contributed by atoms with van der Waals surface area (Å²) in [6.45, 7) is 0. The van der Waals surface area contributed by atoms with Crippen molar-refractivity contribution in [1.82, 2.24) is 9.97 Å². The summed E-state index contributed by atoms with van der Waals surface area (Å²) in [5, 5.41) is 0. The largest absolute Gasteiger partial charge is 0.481 e. The van der Waals surface area contributed by atoms with E-state index in [1.165, 1.54) is 14.2 Å². The predicted octanol–water partition coefficient (Wildman–Crippen LogP) is 1.87. The van der Waals surface area contributed by atoms with Crippen LogP contribution in [0, 0.1) is 0 Å². The number of hydrogen-bond donors (Lipinski definition) is 0. The molecule has 114 valence electrons. The van der Waals surface area contributed by atoms with Gasteiger partial charge in [-0.2, -0.15) is 0 Å². The Hall–Kier alpha value is -2.76. The van der Waals surface area contributed by atoms with Gasteiger partial charge in [0.05, 0.1) is 14.2 Å². The van der Waals surface area contributed by atoms with Crippen LogP contribution in [0.1, 0.15) is 32.0 Å². The van der Waals surface area contributed by atoms with Crippen molar-refractivity contribution < 1.29 is 19.1 Å². The summed E-state index contributed by atoms with van der Waals surface area (Å²) in [7, 11) is 2.81. The van der Waals surface area contributed by atoms with Gasteiger partial charge in [-0.15, -0.1) is 0 Å². The highest BCUT2D eigenvalue weighted by Gasteiger charge is 2.13. The highest BCUT2D eigenvalue weighted by molar-refractivity contribution is 5.88. The van der Waals surface area contributed by atoms with Gasteiger partial charge in [-0.25, -0.2) is 14.8 Å². The third kappa shape index (κ3) is 3.46. The maximum atomic E-state index is 11.7. The number of carbonyl (C=O) groups excluding carboxylic acids is 2. The first-order valence-electron chi connectivity index (χ1n) is 6.70. The Morgan fingerprint density at radius 1 is 1.23 bits per heavy atom. The summed E-state index contributed by atoms with van der Waals surface area (Å²) in [5.74, 6) is -0.0819. The second-order valence-electron chi connectivity index (χ2n) is 4.55. The summed E-state index contributed by atoms with van der Waals surface area (Å²) in [6.07, 6.45) is 5.02. The van der Waals surface area contributed by atoms with Crippen LogP contribution in [0.4, 0.5) is 0 Å². The average molecular weight is 300 g/mol. The van der Waals surface area contributed by atoms with E-state index in [1.54, 1.807) is 24.5 Å². The Morgan fingerprint density at radius 3 is 2.68 bits per heavy atom. The van der Waals surface area contributed by atoms with E-state index in [0.29, 0.717) is 30.0 Å². The van der Waals surface area contributed by atoms with E-state index in [1.807, 2.05) is 6.07 Å². The van der Waals surface area contributed by atoms with Crippen molar-refractivity contribution in [3.63, 3.8) is 0 Å². The summed E-state index contributed by atoms with van der Waals surface area (Å²) in [5.41, 5.74) is 2.37. The molecule has 22 heavy (non-hydrogen) atoms. The molecule has 0 aliphatic carbocycles. The van der Waals surface area contributed by atoms with Crippen molar-refractivity contribution in [2.75, 3.05) is 14.2 Å².